The molecule has 4 rings (SSSR count). The molecule has 0 fully saturated rings. The first-order valence-electron chi connectivity index (χ1n) is 11.6. The van der Waals surface area contributed by atoms with Crippen molar-refractivity contribution in [2.24, 2.45) is 10.2 Å². The number of fused-ring (bicyclic) bond motifs is 1. The third kappa shape index (κ3) is 5.42. The van der Waals surface area contributed by atoms with E-state index in [0.717, 1.165) is 29.9 Å². The van der Waals surface area contributed by atoms with E-state index in [1.807, 2.05) is 54.6 Å². The summed E-state index contributed by atoms with van der Waals surface area (Å²) < 4.78 is 4.97. The van der Waals surface area contributed by atoms with Crippen LogP contribution < -0.4 is 4.90 Å². The number of carbonyl (C=O) groups excluding carboxylic acids is 1. The van der Waals surface area contributed by atoms with Gasteiger partial charge in [-0.15, -0.1) is 5.10 Å². The fourth-order valence-electron chi connectivity index (χ4n) is 4.67. The number of allylic oxidation sites excluding steroid dienone is 2. The molecule has 1 N–H and O–H groups in total. The molecule has 3 aromatic carbocycles. The Hall–Kier alpha value is -3.68. The quantitative estimate of drug-likeness (QED) is 0.186. The molecule has 6 nitrogen and oxygen atoms in total. The molecule has 1 radical (unpaired) electrons. The minimum atomic E-state index is -0.423. The van der Waals surface area contributed by atoms with Gasteiger partial charge < -0.3 is 14.7 Å². The number of ether oxygens (including phenoxy) is 1. The Morgan fingerprint density at radius 2 is 1.69 bits per heavy atom. The molecule has 187 valence electrons. The third-order valence-electron chi connectivity index (χ3n) is 6.36. The number of anilines is 1. The molecule has 0 amide bonds. The number of aliphatic hydroxyl groups excluding tert-OH is 1. The van der Waals surface area contributed by atoms with E-state index >= 15 is 0 Å². The van der Waals surface area contributed by atoms with E-state index in [4.69, 9.17) is 4.74 Å². The van der Waals surface area contributed by atoms with Gasteiger partial charge in [-0.3, -0.25) is 0 Å². The Labute approximate surface area is 222 Å². The zero-order chi connectivity index (χ0) is 24.8. The van der Waals surface area contributed by atoms with E-state index in [2.05, 4.69) is 41.1 Å². The van der Waals surface area contributed by atoms with E-state index in [1.54, 1.807) is 24.4 Å². The van der Waals surface area contributed by atoms with Gasteiger partial charge in [-0.25, -0.2) is 4.79 Å². The molecule has 7 heteroatoms. The molecule has 1 unspecified atom stereocenters. The van der Waals surface area contributed by atoms with Crippen molar-refractivity contribution in [1.82, 2.24) is 0 Å². The fraction of sp³-hybridized carbons (Fsp3) is 0.207. The van der Waals surface area contributed by atoms with Crippen LogP contribution in [0.3, 0.4) is 0 Å². The minimum Gasteiger partial charge on any atom is -0.492 e. The number of esters is 1. The van der Waals surface area contributed by atoms with Crippen molar-refractivity contribution in [2.45, 2.75) is 25.7 Å². The number of aliphatic hydroxyl groups is 1. The van der Waals surface area contributed by atoms with Crippen LogP contribution in [0.5, 0.6) is 0 Å². The number of carbonyl (C=O) groups is 1. The van der Waals surface area contributed by atoms with Gasteiger partial charge in [-0.05, 0) is 67.8 Å². The van der Waals surface area contributed by atoms with Crippen molar-refractivity contribution in [1.29, 1.82) is 0 Å². The zero-order valence-electron chi connectivity index (χ0n) is 20.5. The second-order valence-electron chi connectivity index (χ2n) is 8.57. The molecule has 36 heavy (non-hydrogen) atoms. The molecule has 1 atom stereocenters. The molecule has 3 aromatic rings. The van der Waals surface area contributed by atoms with E-state index in [-0.39, 0.29) is 28.6 Å². The number of nitrogens with zero attached hydrogens (tertiary/aromatic N) is 3. The number of rotatable bonds is 7. The molecular weight excluding hydrogens is 497 g/mol. The van der Waals surface area contributed by atoms with Crippen LogP contribution >= 0.6 is 0 Å². The number of methoxy groups -OCH3 is 1. The number of benzene rings is 3. The van der Waals surface area contributed by atoms with Crippen molar-refractivity contribution in [3.8, 4) is 0 Å². The van der Waals surface area contributed by atoms with Crippen LogP contribution in [-0.4, -0.2) is 36.8 Å². The first-order valence-corrected chi connectivity index (χ1v) is 11.6. The maximum Gasteiger partial charge on any atom is 0.337 e. The molecule has 0 spiro atoms. The largest absolute Gasteiger partial charge is 0.492 e. The van der Waals surface area contributed by atoms with Gasteiger partial charge >= 0.3 is 5.97 Å². The molecule has 0 saturated heterocycles. The Bertz CT molecular complexity index is 1290. The summed E-state index contributed by atoms with van der Waals surface area (Å²) in [5.74, 6) is -0.500. The summed E-state index contributed by atoms with van der Waals surface area (Å²) in [7, 11) is 1.39. The average molecular weight is 527 g/mol. The zero-order valence-corrected chi connectivity index (χ0v) is 21.6. The Morgan fingerprint density at radius 3 is 2.33 bits per heavy atom. The van der Waals surface area contributed by atoms with Gasteiger partial charge in [-0.1, -0.05) is 48.5 Å². The van der Waals surface area contributed by atoms with Crippen LogP contribution in [0, 0.1) is 0 Å². The van der Waals surface area contributed by atoms with Crippen LogP contribution in [0.2, 0.25) is 0 Å². The molecule has 0 bridgehead atoms. The molecule has 0 saturated carbocycles. The van der Waals surface area contributed by atoms with Crippen LogP contribution in [0.25, 0.3) is 0 Å². The predicted octanol–water partition coefficient (Wildman–Crippen LogP) is 5.69. The Kier molecular flexibility index (Phi) is 8.85. The van der Waals surface area contributed by atoms with Crippen LogP contribution in [0.15, 0.2) is 101 Å². The molecule has 0 aromatic heterocycles. The summed E-state index contributed by atoms with van der Waals surface area (Å²) in [6, 6.07) is 25.1. The number of hydrogen-bond donors (Lipinski definition) is 1. The third-order valence-corrected chi connectivity index (χ3v) is 6.36. The van der Waals surface area contributed by atoms with Crippen LogP contribution in [0.4, 0.5) is 5.69 Å². The van der Waals surface area contributed by atoms with Gasteiger partial charge in [-0.2, -0.15) is 5.10 Å². The number of likely N-dealkylation sites (N-methyl/N-ethyl adjacent to an activating group) is 1. The standard InChI is InChI=1S/C29H29N3O3.Co/c1-4-32-25-16-15-23(28(34)35-3)19-24(25)29(2,20-21-11-7-5-8-12-21)26(32)17-18-30-31-27(33)22-13-9-6-10-14-22;/h5-19H,4,20H2,1-3H3,(H,31,33);/b26-17-,30-18+;. The summed E-state index contributed by atoms with van der Waals surface area (Å²) in [6.07, 6.45) is 4.28. The topological polar surface area (TPSA) is 74.5 Å². The molecule has 1 aliphatic rings. The monoisotopic (exact) mass is 526 g/mol. The van der Waals surface area contributed by atoms with E-state index in [0.29, 0.717) is 11.1 Å². The Balaban J connectivity index is 0.00000361. The summed E-state index contributed by atoms with van der Waals surface area (Å²) in [4.78, 5) is 14.5. The summed E-state index contributed by atoms with van der Waals surface area (Å²) in [6.45, 7) is 5.02. The smallest absolute Gasteiger partial charge is 0.337 e. The van der Waals surface area contributed by atoms with Crippen LogP contribution in [0.1, 0.15) is 40.9 Å². The van der Waals surface area contributed by atoms with E-state index < -0.39 is 5.41 Å². The Morgan fingerprint density at radius 1 is 1.03 bits per heavy atom. The molecule has 1 aliphatic heterocycles. The number of hydrogen-bond acceptors (Lipinski definition) is 5. The maximum atomic E-state index is 12.3. The van der Waals surface area contributed by atoms with Crippen molar-refractivity contribution in [3.63, 3.8) is 0 Å². The van der Waals surface area contributed by atoms with Gasteiger partial charge in [0.05, 0.1) is 18.9 Å². The second-order valence-corrected chi connectivity index (χ2v) is 8.57. The molecule has 0 aliphatic carbocycles. The van der Waals surface area contributed by atoms with Crippen molar-refractivity contribution >= 4 is 23.8 Å². The summed E-state index contributed by atoms with van der Waals surface area (Å²) >= 11 is 0. The fourth-order valence-corrected chi connectivity index (χ4v) is 4.67. The van der Waals surface area contributed by atoms with Gasteiger partial charge in [0.25, 0.3) is 0 Å². The van der Waals surface area contributed by atoms with E-state index in [1.165, 1.54) is 12.7 Å². The molecular formula is C29H29CoN3O3. The average Bonchev–Trinajstić information content (AvgIpc) is 3.13. The van der Waals surface area contributed by atoms with Crippen molar-refractivity contribution < 1.29 is 31.4 Å². The second kappa shape index (κ2) is 11.8. The minimum absolute atomic E-state index is 0. The van der Waals surface area contributed by atoms with Gasteiger partial charge in [0.1, 0.15) is 0 Å². The van der Waals surface area contributed by atoms with Gasteiger partial charge in [0.15, 0.2) is 0 Å². The predicted molar refractivity (Wildman–Crippen MR) is 140 cm³/mol. The molecule has 1 heterocycles. The normalized spacial score (nSPS) is 18.2. The first kappa shape index (κ1) is 26.9. The summed E-state index contributed by atoms with van der Waals surface area (Å²) in [5.41, 5.74) is 5.03. The van der Waals surface area contributed by atoms with Crippen molar-refractivity contribution in [3.05, 3.63) is 113 Å². The maximum absolute atomic E-state index is 12.3. The van der Waals surface area contributed by atoms with Gasteiger partial charge in [0, 0.05) is 45.7 Å². The van der Waals surface area contributed by atoms with Gasteiger partial charge in [0.2, 0.25) is 5.90 Å². The SMILES string of the molecule is CCN1\C(=C/C=N/N=C(\O)c2ccccc2)C(C)(Cc2ccccc2)c2cc(C(=O)OC)ccc21.[Co]. The van der Waals surface area contributed by atoms with Crippen molar-refractivity contribution in [2.75, 3.05) is 18.6 Å². The first-order chi connectivity index (χ1) is 17.0. The summed E-state index contributed by atoms with van der Waals surface area (Å²) in [5, 5.41) is 18.3. The van der Waals surface area contributed by atoms with E-state index in [9.17, 15) is 9.90 Å². The van der Waals surface area contributed by atoms with Crippen LogP contribution in [-0.2, 0) is 33.4 Å².